The van der Waals surface area contributed by atoms with Crippen LogP contribution in [0, 0.1) is 6.92 Å². The Labute approximate surface area is 149 Å². The summed E-state index contributed by atoms with van der Waals surface area (Å²) in [5.41, 5.74) is 1.68. The lowest BCUT2D eigenvalue weighted by atomic mass is 10.1. The van der Waals surface area contributed by atoms with Crippen LogP contribution in [-0.4, -0.2) is 58.8 Å². The molecule has 0 radical (unpaired) electrons. The van der Waals surface area contributed by atoms with E-state index in [-0.39, 0.29) is 24.9 Å². The molecule has 0 N–H and O–H groups in total. The molecule has 2 fully saturated rings. The van der Waals surface area contributed by atoms with Gasteiger partial charge in [0.25, 0.3) is 11.8 Å². The van der Waals surface area contributed by atoms with E-state index in [1.807, 2.05) is 37.3 Å². The van der Waals surface area contributed by atoms with Crippen LogP contribution in [0.5, 0.6) is 0 Å². The van der Waals surface area contributed by atoms with Gasteiger partial charge in [0.05, 0.1) is 12.2 Å². The maximum atomic E-state index is 13.6. The van der Waals surface area contributed by atoms with Crippen LogP contribution in [0.25, 0.3) is 10.6 Å². The lowest BCUT2D eigenvalue weighted by Crippen LogP contribution is -2.52. The molecule has 2 aliphatic rings. The molecule has 4 nitrogen and oxygen atoms in total. The molecule has 0 aliphatic carbocycles. The van der Waals surface area contributed by atoms with E-state index in [1.165, 1.54) is 11.3 Å². The molecule has 2 aliphatic heterocycles. The predicted molar refractivity (Wildman–Crippen MR) is 93.1 cm³/mol. The normalized spacial score (nSPS) is 22.8. The second kappa shape index (κ2) is 6.14. The summed E-state index contributed by atoms with van der Waals surface area (Å²) in [6.45, 7) is 3.01. The molecule has 132 valence electrons. The van der Waals surface area contributed by atoms with Gasteiger partial charge in [-0.1, -0.05) is 30.3 Å². The van der Waals surface area contributed by atoms with Gasteiger partial charge in [0, 0.05) is 37.7 Å². The Morgan fingerprint density at radius 2 is 2.04 bits per heavy atom. The van der Waals surface area contributed by atoms with Crippen LogP contribution in [0.2, 0.25) is 0 Å². The van der Waals surface area contributed by atoms with E-state index in [4.69, 9.17) is 0 Å². The van der Waals surface area contributed by atoms with Crippen molar-refractivity contribution in [3.05, 3.63) is 40.9 Å². The van der Waals surface area contributed by atoms with Crippen molar-refractivity contribution in [1.29, 1.82) is 0 Å². The van der Waals surface area contributed by atoms with Gasteiger partial charge in [-0.15, -0.1) is 11.3 Å². The van der Waals surface area contributed by atoms with E-state index >= 15 is 0 Å². The van der Waals surface area contributed by atoms with Crippen LogP contribution >= 0.6 is 11.3 Å². The average Bonchev–Trinajstić information content (AvgIpc) is 3.12. The number of carbonyl (C=O) groups is 1. The molecule has 25 heavy (non-hydrogen) atoms. The minimum Gasteiger partial charge on any atom is -0.335 e. The number of rotatable bonds is 2. The number of carbonyl (C=O) groups excluding carboxylic acids is 1. The highest BCUT2D eigenvalue weighted by Gasteiger charge is 2.47. The van der Waals surface area contributed by atoms with Crippen molar-refractivity contribution in [2.24, 2.45) is 0 Å². The Kier molecular flexibility index (Phi) is 4.08. The summed E-state index contributed by atoms with van der Waals surface area (Å²) < 4.78 is 27.2. The van der Waals surface area contributed by atoms with Gasteiger partial charge in [-0.25, -0.2) is 13.8 Å². The van der Waals surface area contributed by atoms with Crippen LogP contribution in [0.1, 0.15) is 21.8 Å². The Bertz CT molecular complexity index is 793. The number of aryl methyl sites for hydroxylation is 1. The van der Waals surface area contributed by atoms with Gasteiger partial charge in [-0.05, 0) is 6.92 Å². The van der Waals surface area contributed by atoms with E-state index in [0.717, 1.165) is 10.6 Å². The fraction of sp³-hybridized carbons (Fsp3) is 0.444. The number of hydrogen-bond acceptors (Lipinski definition) is 4. The predicted octanol–water partition coefficient (Wildman–Crippen LogP) is 3.28. The fourth-order valence-electron chi connectivity index (χ4n) is 3.63. The molecule has 2 saturated heterocycles. The molecule has 1 atom stereocenters. The molecule has 1 amide bonds. The van der Waals surface area contributed by atoms with Crippen molar-refractivity contribution >= 4 is 17.2 Å². The van der Waals surface area contributed by atoms with Crippen LogP contribution in [-0.2, 0) is 0 Å². The number of amides is 1. The highest BCUT2D eigenvalue weighted by Crippen LogP contribution is 2.35. The molecule has 0 bridgehead atoms. The van der Waals surface area contributed by atoms with Crippen LogP contribution < -0.4 is 0 Å². The summed E-state index contributed by atoms with van der Waals surface area (Å²) in [6.07, 6.45) is -0.159. The summed E-state index contributed by atoms with van der Waals surface area (Å²) in [6, 6.07) is 9.50. The molecule has 4 rings (SSSR count). The number of fused-ring (bicyclic) bond motifs is 1. The highest BCUT2D eigenvalue weighted by molar-refractivity contribution is 7.17. The standard InChI is InChI=1S/C18H19F2N3OS/c1-12-15(25-16(21-12)13-5-3-2-4-6-13)17(24)22-7-8-23-11-18(19,20)9-14(23)10-22/h2-6,14H,7-11H2,1H3/t14-/m0/s1. The van der Waals surface area contributed by atoms with E-state index < -0.39 is 5.92 Å². The first-order valence-corrected chi connectivity index (χ1v) is 9.19. The van der Waals surface area contributed by atoms with E-state index in [1.54, 1.807) is 9.80 Å². The van der Waals surface area contributed by atoms with Crippen molar-refractivity contribution in [3.8, 4) is 10.6 Å². The maximum absolute atomic E-state index is 13.6. The number of thiazole rings is 1. The molecule has 0 spiro atoms. The van der Waals surface area contributed by atoms with Gasteiger partial charge >= 0.3 is 0 Å². The fourth-order valence-corrected chi connectivity index (χ4v) is 4.67. The number of halogens is 2. The third-order valence-corrected chi connectivity index (χ3v) is 6.07. The Morgan fingerprint density at radius 1 is 1.28 bits per heavy atom. The van der Waals surface area contributed by atoms with Gasteiger partial charge in [-0.3, -0.25) is 9.69 Å². The smallest absolute Gasteiger partial charge is 0.265 e. The van der Waals surface area contributed by atoms with Crippen molar-refractivity contribution in [1.82, 2.24) is 14.8 Å². The zero-order chi connectivity index (χ0) is 17.6. The summed E-state index contributed by atoms with van der Waals surface area (Å²) >= 11 is 1.38. The Hall–Kier alpha value is -1.86. The highest BCUT2D eigenvalue weighted by atomic mass is 32.1. The number of alkyl halides is 2. The summed E-state index contributed by atoms with van der Waals surface area (Å²) in [5, 5.41) is 0.812. The second-order valence-corrected chi connectivity index (χ2v) is 7.73. The number of benzene rings is 1. The van der Waals surface area contributed by atoms with Crippen LogP contribution in [0.15, 0.2) is 30.3 Å². The van der Waals surface area contributed by atoms with Gasteiger partial charge in [-0.2, -0.15) is 0 Å². The minimum atomic E-state index is -2.63. The SMILES string of the molecule is Cc1nc(-c2ccccc2)sc1C(=O)N1CCN2CC(F)(F)C[C@H]2C1. The third-order valence-electron chi connectivity index (χ3n) is 4.87. The summed E-state index contributed by atoms with van der Waals surface area (Å²) in [4.78, 5) is 21.6. The van der Waals surface area contributed by atoms with Crippen LogP contribution in [0.4, 0.5) is 8.78 Å². The van der Waals surface area contributed by atoms with Crippen LogP contribution in [0.3, 0.4) is 0 Å². The molecule has 0 saturated carbocycles. The third kappa shape index (κ3) is 3.18. The largest absolute Gasteiger partial charge is 0.335 e. The monoisotopic (exact) mass is 363 g/mol. The Balaban J connectivity index is 1.53. The molecule has 1 aromatic carbocycles. The maximum Gasteiger partial charge on any atom is 0.265 e. The van der Waals surface area contributed by atoms with Gasteiger partial charge in [0.2, 0.25) is 0 Å². The number of hydrogen-bond donors (Lipinski definition) is 0. The van der Waals surface area contributed by atoms with Crippen molar-refractivity contribution in [2.75, 3.05) is 26.2 Å². The molecule has 0 unspecified atom stereocenters. The molecule has 3 heterocycles. The lowest BCUT2D eigenvalue weighted by Gasteiger charge is -2.36. The zero-order valence-electron chi connectivity index (χ0n) is 13.9. The first-order chi connectivity index (χ1) is 11.9. The zero-order valence-corrected chi connectivity index (χ0v) is 14.7. The Morgan fingerprint density at radius 3 is 2.80 bits per heavy atom. The minimum absolute atomic E-state index is 0.0907. The molecule has 7 heteroatoms. The molecular weight excluding hydrogens is 344 g/mol. The van der Waals surface area contributed by atoms with Crippen molar-refractivity contribution in [2.45, 2.75) is 25.3 Å². The lowest BCUT2D eigenvalue weighted by molar-refractivity contribution is 0.0121. The quantitative estimate of drug-likeness (QED) is 0.822. The van der Waals surface area contributed by atoms with E-state index in [0.29, 0.717) is 30.2 Å². The van der Waals surface area contributed by atoms with Gasteiger partial charge in [0.1, 0.15) is 9.88 Å². The van der Waals surface area contributed by atoms with Gasteiger partial charge in [0.15, 0.2) is 0 Å². The summed E-state index contributed by atoms with van der Waals surface area (Å²) in [7, 11) is 0. The average molecular weight is 363 g/mol. The van der Waals surface area contributed by atoms with E-state index in [2.05, 4.69) is 4.98 Å². The van der Waals surface area contributed by atoms with Crippen molar-refractivity contribution < 1.29 is 13.6 Å². The number of piperazine rings is 1. The second-order valence-electron chi connectivity index (χ2n) is 6.74. The summed E-state index contributed by atoms with van der Waals surface area (Å²) in [5.74, 6) is -2.73. The first kappa shape index (κ1) is 16.6. The van der Waals surface area contributed by atoms with Gasteiger partial charge < -0.3 is 4.90 Å². The topological polar surface area (TPSA) is 36.4 Å². The van der Waals surface area contributed by atoms with Crippen molar-refractivity contribution in [3.63, 3.8) is 0 Å². The first-order valence-electron chi connectivity index (χ1n) is 8.37. The number of nitrogens with zero attached hydrogens (tertiary/aromatic N) is 3. The molecule has 2 aromatic rings. The number of aromatic nitrogens is 1. The van der Waals surface area contributed by atoms with E-state index in [9.17, 15) is 13.6 Å². The molecule has 1 aromatic heterocycles. The molecular formula is C18H19F2N3OS.